The molecule has 0 N–H and O–H groups in total. The van der Waals surface area contributed by atoms with Crippen LogP contribution in [0.15, 0.2) is 45.3 Å². The molecule has 0 aliphatic carbocycles. The maximum absolute atomic E-state index is 12.3. The lowest BCUT2D eigenvalue weighted by atomic mass is 10.0. The Morgan fingerprint density at radius 1 is 1.00 bits per heavy atom. The highest BCUT2D eigenvalue weighted by Gasteiger charge is 2.12. The summed E-state index contributed by atoms with van der Waals surface area (Å²) in [4.78, 5) is 12.3. The number of Topliss-reactive ketones (excluding diaryl/α,β-unsaturated/α-hetero) is 1. The lowest BCUT2D eigenvalue weighted by Crippen LogP contribution is -2.04. The van der Waals surface area contributed by atoms with Crippen molar-refractivity contribution in [3.8, 4) is 0 Å². The fraction of sp³-hybridized carbons (Fsp3) is 0.0714. The van der Waals surface area contributed by atoms with Crippen LogP contribution >= 0.6 is 55.1 Å². The molecule has 2 rings (SSSR count). The van der Waals surface area contributed by atoms with Gasteiger partial charge >= 0.3 is 0 Å². The standard InChI is InChI=1S/C14H8Br2Cl2O/c15-9-2-3-11(16)10(7-9)14(19)6-8-1-4-12(17)13(18)5-8/h1-5,7H,6H2. The van der Waals surface area contributed by atoms with E-state index in [1.165, 1.54) is 0 Å². The Morgan fingerprint density at radius 3 is 2.42 bits per heavy atom. The molecule has 0 bridgehead atoms. The molecule has 0 atom stereocenters. The van der Waals surface area contributed by atoms with Crippen LogP contribution in [0.25, 0.3) is 0 Å². The van der Waals surface area contributed by atoms with Crippen molar-refractivity contribution in [2.75, 3.05) is 0 Å². The Kier molecular flexibility index (Phi) is 5.07. The van der Waals surface area contributed by atoms with Crippen molar-refractivity contribution in [3.63, 3.8) is 0 Å². The summed E-state index contributed by atoms with van der Waals surface area (Å²) in [5.74, 6) is 0.0200. The molecule has 0 fully saturated rings. The predicted molar refractivity (Wildman–Crippen MR) is 86.3 cm³/mol. The number of hydrogen-bond donors (Lipinski definition) is 0. The Balaban J connectivity index is 2.25. The fourth-order valence-electron chi connectivity index (χ4n) is 1.64. The van der Waals surface area contributed by atoms with Gasteiger partial charge in [0, 0.05) is 20.9 Å². The van der Waals surface area contributed by atoms with Crippen LogP contribution in [0.1, 0.15) is 15.9 Å². The van der Waals surface area contributed by atoms with Crippen molar-refractivity contribution in [1.29, 1.82) is 0 Å². The second kappa shape index (κ2) is 6.40. The molecule has 0 amide bonds. The summed E-state index contributed by atoms with van der Waals surface area (Å²) in [6.45, 7) is 0. The summed E-state index contributed by atoms with van der Waals surface area (Å²) in [7, 11) is 0. The van der Waals surface area contributed by atoms with E-state index in [0.29, 0.717) is 15.6 Å². The summed E-state index contributed by atoms with van der Waals surface area (Å²) in [6, 6.07) is 10.7. The van der Waals surface area contributed by atoms with Crippen LogP contribution in [0.5, 0.6) is 0 Å². The molecule has 0 unspecified atom stereocenters. The number of benzene rings is 2. The van der Waals surface area contributed by atoms with E-state index in [1.54, 1.807) is 24.3 Å². The molecular formula is C14H8Br2Cl2O. The van der Waals surface area contributed by atoms with E-state index in [1.807, 2.05) is 12.1 Å². The molecule has 98 valence electrons. The molecule has 0 spiro atoms. The monoisotopic (exact) mass is 420 g/mol. The Labute approximate surface area is 138 Å². The Bertz CT molecular complexity index is 641. The second-order valence-electron chi connectivity index (χ2n) is 3.97. The van der Waals surface area contributed by atoms with E-state index >= 15 is 0 Å². The maximum atomic E-state index is 12.3. The van der Waals surface area contributed by atoms with E-state index in [0.717, 1.165) is 14.5 Å². The molecule has 0 aliphatic rings. The number of hydrogen-bond acceptors (Lipinski definition) is 1. The first-order chi connectivity index (χ1) is 8.97. The number of ketones is 1. The minimum absolute atomic E-state index is 0.0200. The summed E-state index contributed by atoms with van der Waals surface area (Å²) >= 11 is 18.5. The second-order valence-corrected chi connectivity index (χ2v) is 6.56. The van der Waals surface area contributed by atoms with Crippen molar-refractivity contribution in [2.45, 2.75) is 6.42 Å². The summed E-state index contributed by atoms with van der Waals surface area (Å²) < 4.78 is 1.65. The Hall–Kier alpha value is -0.350. The molecule has 0 saturated carbocycles. The molecule has 0 aromatic heterocycles. The first-order valence-corrected chi connectivity index (χ1v) is 7.74. The molecule has 19 heavy (non-hydrogen) atoms. The largest absolute Gasteiger partial charge is 0.294 e. The normalized spacial score (nSPS) is 10.5. The molecular weight excluding hydrogens is 415 g/mol. The van der Waals surface area contributed by atoms with Gasteiger partial charge in [-0.3, -0.25) is 4.79 Å². The quantitative estimate of drug-likeness (QED) is 0.559. The third-order valence-corrected chi connectivity index (χ3v) is 4.50. The SMILES string of the molecule is O=C(Cc1ccc(Cl)c(Cl)c1)c1cc(Br)ccc1Br. The smallest absolute Gasteiger partial charge is 0.168 e. The number of halogens is 4. The highest BCUT2D eigenvalue weighted by Crippen LogP contribution is 2.25. The van der Waals surface area contributed by atoms with Gasteiger partial charge in [-0.05, 0) is 35.9 Å². The van der Waals surface area contributed by atoms with E-state index in [4.69, 9.17) is 23.2 Å². The lowest BCUT2D eigenvalue weighted by molar-refractivity contribution is 0.0992. The van der Waals surface area contributed by atoms with Crippen molar-refractivity contribution < 1.29 is 4.79 Å². The van der Waals surface area contributed by atoms with Crippen LogP contribution in [-0.2, 0) is 6.42 Å². The summed E-state index contributed by atoms with van der Waals surface area (Å²) in [5.41, 5.74) is 1.48. The first kappa shape index (κ1) is 15.0. The molecule has 0 aliphatic heterocycles. The predicted octanol–water partition coefficient (Wildman–Crippen LogP) is 5.94. The third-order valence-electron chi connectivity index (χ3n) is 2.58. The zero-order chi connectivity index (χ0) is 14.0. The van der Waals surface area contributed by atoms with Crippen LogP contribution in [0.3, 0.4) is 0 Å². The lowest BCUT2D eigenvalue weighted by Gasteiger charge is -2.06. The molecule has 0 saturated heterocycles. The van der Waals surface area contributed by atoms with Gasteiger partial charge in [-0.15, -0.1) is 0 Å². The van der Waals surface area contributed by atoms with Crippen LogP contribution in [0.2, 0.25) is 10.0 Å². The van der Waals surface area contributed by atoms with Gasteiger partial charge in [0.15, 0.2) is 5.78 Å². The number of carbonyl (C=O) groups is 1. The topological polar surface area (TPSA) is 17.1 Å². The average molecular weight is 423 g/mol. The van der Waals surface area contributed by atoms with Gasteiger partial charge < -0.3 is 0 Å². The van der Waals surface area contributed by atoms with Gasteiger partial charge in [-0.2, -0.15) is 0 Å². The number of carbonyl (C=O) groups excluding carboxylic acids is 1. The van der Waals surface area contributed by atoms with Crippen molar-refractivity contribution >= 4 is 60.8 Å². The minimum atomic E-state index is 0.0200. The van der Waals surface area contributed by atoms with Gasteiger partial charge in [0.25, 0.3) is 0 Å². The summed E-state index contributed by atoms with van der Waals surface area (Å²) in [5, 5.41) is 0.946. The Morgan fingerprint density at radius 2 is 1.74 bits per heavy atom. The van der Waals surface area contributed by atoms with Crippen molar-refractivity contribution in [3.05, 3.63) is 66.5 Å². The third kappa shape index (κ3) is 3.82. The molecule has 0 heterocycles. The molecule has 5 heteroatoms. The zero-order valence-electron chi connectivity index (χ0n) is 9.59. The maximum Gasteiger partial charge on any atom is 0.168 e. The van der Waals surface area contributed by atoms with Crippen molar-refractivity contribution in [1.82, 2.24) is 0 Å². The first-order valence-electron chi connectivity index (χ1n) is 5.39. The van der Waals surface area contributed by atoms with E-state index < -0.39 is 0 Å². The minimum Gasteiger partial charge on any atom is -0.294 e. The van der Waals surface area contributed by atoms with E-state index in [2.05, 4.69) is 31.9 Å². The summed E-state index contributed by atoms with van der Waals surface area (Å²) in [6.07, 6.45) is 0.284. The van der Waals surface area contributed by atoms with Gasteiger partial charge in [0.2, 0.25) is 0 Å². The van der Waals surface area contributed by atoms with E-state index in [-0.39, 0.29) is 12.2 Å². The van der Waals surface area contributed by atoms with Crippen LogP contribution in [0, 0.1) is 0 Å². The molecule has 2 aromatic carbocycles. The molecule has 1 nitrogen and oxygen atoms in total. The van der Waals surface area contributed by atoms with Gasteiger partial charge in [-0.1, -0.05) is 61.1 Å². The molecule has 2 aromatic rings. The highest BCUT2D eigenvalue weighted by molar-refractivity contribution is 9.11. The van der Waals surface area contributed by atoms with Gasteiger partial charge in [-0.25, -0.2) is 0 Å². The fourth-order valence-corrected chi connectivity index (χ4v) is 2.79. The van der Waals surface area contributed by atoms with Crippen LogP contribution in [-0.4, -0.2) is 5.78 Å². The van der Waals surface area contributed by atoms with Crippen molar-refractivity contribution in [2.24, 2.45) is 0 Å². The van der Waals surface area contributed by atoms with Crippen LogP contribution in [0.4, 0.5) is 0 Å². The highest BCUT2D eigenvalue weighted by atomic mass is 79.9. The number of rotatable bonds is 3. The molecule has 0 radical (unpaired) electrons. The van der Waals surface area contributed by atoms with E-state index in [9.17, 15) is 4.79 Å². The van der Waals surface area contributed by atoms with Gasteiger partial charge in [0.1, 0.15) is 0 Å². The average Bonchev–Trinajstić information content (AvgIpc) is 2.36. The van der Waals surface area contributed by atoms with Gasteiger partial charge in [0.05, 0.1) is 10.0 Å². The zero-order valence-corrected chi connectivity index (χ0v) is 14.3. The van der Waals surface area contributed by atoms with Crippen LogP contribution < -0.4 is 0 Å².